The number of halogens is 1. The maximum Gasteiger partial charge on any atom is 0.240 e. The van der Waals surface area contributed by atoms with Gasteiger partial charge in [0.25, 0.3) is 0 Å². The van der Waals surface area contributed by atoms with Crippen LogP contribution in [0.25, 0.3) is 0 Å². The lowest BCUT2D eigenvalue weighted by atomic mass is 10.2. The molecule has 0 heterocycles. The van der Waals surface area contributed by atoms with Gasteiger partial charge in [-0.25, -0.2) is 13.1 Å². The van der Waals surface area contributed by atoms with E-state index in [9.17, 15) is 8.42 Å². The molecule has 0 radical (unpaired) electrons. The molecule has 0 aromatic heterocycles. The van der Waals surface area contributed by atoms with E-state index in [2.05, 4.69) is 20.7 Å². The zero-order valence-corrected chi connectivity index (χ0v) is 13.2. The van der Waals surface area contributed by atoms with E-state index < -0.39 is 10.0 Å². The molecule has 0 bridgehead atoms. The predicted molar refractivity (Wildman–Crippen MR) is 76.9 cm³/mol. The van der Waals surface area contributed by atoms with E-state index >= 15 is 0 Å². The summed E-state index contributed by atoms with van der Waals surface area (Å²) < 4.78 is 27.3. The molecule has 0 saturated carbocycles. The second kappa shape index (κ2) is 5.73. The van der Waals surface area contributed by atoms with Crippen molar-refractivity contribution in [3.8, 4) is 0 Å². The summed E-state index contributed by atoms with van der Waals surface area (Å²) >= 11 is 4.91. The molecule has 96 valence electrons. The normalized spacial score (nSPS) is 12.7. The number of nitrogens with one attached hydrogen (secondary N) is 1. The summed E-state index contributed by atoms with van der Waals surface area (Å²) in [4.78, 5) is 0.289. The number of thioether (sulfide) groups is 1. The van der Waals surface area contributed by atoms with E-state index in [1.165, 1.54) is 0 Å². The van der Waals surface area contributed by atoms with Crippen LogP contribution in [0.2, 0.25) is 0 Å². The third-order valence-corrected chi connectivity index (χ3v) is 5.56. The highest BCUT2D eigenvalue weighted by atomic mass is 79.9. The van der Waals surface area contributed by atoms with Gasteiger partial charge < -0.3 is 0 Å². The first-order chi connectivity index (χ1) is 7.77. The Morgan fingerprint density at radius 2 is 1.82 bits per heavy atom. The van der Waals surface area contributed by atoms with Crippen LogP contribution in [0.4, 0.5) is 0 Å². The van der Waals surface area contributed by atoms with Crippen LogP contribution in [-0.2, 0) is 10.0 Å². The predicted octanol–water partition coefficient (Wildman–Crippen LogP) is 2.87. The molecule has 0 atom stereocenters. The Balaban J connectivity index is 2.79. The van der Waals surface area contributed by atoms with Crippen molar-refractivity contribution in [1.82, 2.24) is 4.72 Å². The van der Waals surface area contributed by atoms with Gasteiger partial charge in [-0.1, -0.05) is 15.9 Å². The highest BCUT2D eigenvalue weighted by Gasteiger charge is 2.21. The Morgan fingerprint density at radius 1 is 1.29 bits per heavy atom. The van der Waals surface area contributed by atoms with Crippen molar-refractivity contribution in [3.05, 3.63) is 28.7 Å². The summed E-state index contributed by atoms with van der Waals surface area (Å²) in [6.07, 6.45) is 1.97. The van der Waals surface area contributed by atoms with Gasteiger partial charge in [0, 0.05) is 15.8 Å². The van der Waals surface area contributed by atoms with Crippen molar-refractivity contribution in [2.24, 2.45) is 0 Å². The second-order valence-corrected chi connectivity index (χ2v) is 8.44. The van der Waals surface area contributed by atoms with E-state index in [-0.39, 0.29) is 9.64 Å². The lowest BCUT2D eigenvalue weighted by molar-refractivity contribution is 0.571. The van der Waals surface area contributed by atoms with Gasteiger partial charge >= 0.3 is 0 Å². The number of sulfonamides is 1. The summed E-state index contributed by atoms with van der Waals surface area (Å²) in [7, 11) is -3.40. The first-order valence-corrected chi connectivity index (χ1v) is 8.57. The molecule has 0 aliphatic heterocycles. The fraction of sp³-hybridized carbons (Fsp3) is 0.455. The Hall–Kier alpha value is -0.0400. The van der Waals surface area contributed by atoms with Crippen LogP contribution in [0.15, 0.2) is 33.6 Å². The number of rotatable bonds is 5. The average molecular weight is 338 g/mol. The largest absolute Gasteiger partial charge is 0.240 e. The monoisotopic (exact) mass is 337 g/mol. The van der Waals surface area contributed by atoms with Crippen LogP contribution >= 0.6 is 27.7 Å². The van der Waals surface area contributed by atoms with Crippen molar-refractivity contribution >= 4 is 37.7 Å². The molecule has 1 N–H and O–H groups in total. The van der Waals surface area contributed by atoms with E-state index in [0.29, 0.717) is 6.54 Å². The van der Waals surface area contributed by atoms with Crippen LogP contribution in [0.5, 0.6) is 0 Å². The Morgan fingerprint density at radius 3 is 2.29 bits per heavy atom. The van der Waals surface area contributed by atoms with Gasteiger partial charge in [-0.05, 0) is 44.4 Å². The third-order valence-electron chi connectivity index (χ3n) is 2.36. The lowest BCUT2D eigenvalue weighted by Crippen LogP contribution is -2.36. The molecule has 0 fully saturated rings. The topological polar surface area (TPSA) is 46.2 Å². The van der Waals surface area contributed by atoms with Crippen LogP contribution < -0.4 is 4.72 Å². The fourth-order valence-electron chi connectivity index (χ4n) is 1.04. The molecular weight excluding hydrogens is 322 g/mol. The van der Waals surface area contributed by atoms with Gasteiger partial charge in [0.1, 0.15) is 0 Å². The molecule has 0 aliphatic carbocycles. The number of benzene rings is 1. The standard InChI is InChI=1S/C11H16BrNO2S2/c1-11(2,16-3)8-13-17(14,15)10-6-4-9(12)5-7-10/h4-7,13H,8H2,1-3H3. The Bertz CT molecular complexity index is 469. The van der Waals surface area contributed by atoms with E-state index in [1.807, 2.05) is 20.1 Å². The molecule has 6 heteroatoms. The van der Waals surface area contributed by atoms with Crippen LogP contribution in [0.1, 0.15) is 13.8 Å². The zero-order valence-electron chi connectivity index (χ0n) is 10.0. The van der Waals surface area contributed by atoms with Gasteiger partial charge in [0.2, 0.25) is 10.0 Å². The summed E-state index contributed by atoms with van der Waals surface area (Å²) in [6.45, 7) is 4.41. The second-order valence-electron chi connectivity index (χ2n) is 4.24. The van der Waals surface area contributed by atoms with Crippen molar-refractivity contribution in [3.63, 3.8) is 0 Å². The molecule has 1 aromatic carbocycles. The van der Waals surface area contributed by atoms with Crippen molar-refractivity contribution in [1.29, 1.82) is 0 Å². The van der Waals surface area contributed by atoms with E-state index in [4.69, 9.17) is 0 Å². The minimum atomic E-state index is -3.40. The molecule has 0 amide bonds. The molecule has 1 aromatic rings. The summed E-state index contributed by atoms with van der Waals surface area (Å²) in [5.41, 5.74) is 0. The molecule has 0 saturated heterocycles. The molecular formula is C11H16BrNO2S2. The fourth-order valence-corrected chi connectivity index (χ4v) is 2.82. The van der Waals surface area contributed by atoms with Gasteiger partial charge in [-0.3, -0.25) is 0 Å². The smallest absolute Gasteiger partial charge is 0.210 e. The lowest BCUT2D eigenvalue weighted by Gasteiger charge is -2.22. The molecule has 0 aliphatic rings. The quantitative estimate of drug-likeness (QED) is 0.898. The SMILES string of the molecule is CSC(C)(C)CNS(=O)(=O)c1ccc(Br)cc1. The number of hydrogen-bond acceptors (Lipinski definition) is 3. The van der Waals surface area contributed by atoms with Crippen LogP contribution in [0, 0.1) is 0 Å². The average Bonchev–Trinajstić information content (AvgIpc) is 2.27. The maximum atomic E-state index is 12.0. The Labute approximate surface area is 116 Å². The van der Waals surface area contributed by atoms with Crippen molar-refractivity contribution < 1.29 is 8.42 Å². The van der Waals surface area contributed by atoms with Gasteiger partial charge in [-0.2, -0.15) is 11.8 Å². The van der Waals surface area contributed by atoms with Crippen LogP contribution in [0.3, 0.4) is 0 Å². The van der Waals surface area contributed by atoms with Crippen LogP contribution in [-0.4, -0.2) is 26.0 Å². The van der Waals surface area contributed by atoms with Gasteiger partial charge in [0.05, 0.1) is 4.90 Å². The minimum Gasteiger partial charge on any atom is -0.210 e. The minimum absolute atomic E-state index is 0.109. The molecule has 3 nitrogen and oxygen atoms in total. The number of hydrogen-bond donors (Lipinski definition) is 1. The first kappa shape index (κ1) is 15.0. The highest BCUT2D eigenvalue weighted by Crippen LogP contribution is 2.21. The van der Waals surface area contributed by atoms with Crippen molar-refractivity contribution in [2.75, 3.05) is 12.8 Å². The molecule has 17 heavy (non-hydrogen) atoms. The van der Waals surface area contributed by atoms with Gasteiger partial charge in [0.15, 0.2) is 0 Å². The maximum absolute atomic E-state index is 12.0. The molecule has 0 spiro atoms. The van der Waals surface area contributed by atoms with Gasteiger partial charge in [-0.15, -0.1) is 0 Å². The Kier molecular flexibility index (Phi) is 5.07. The first-order valence-electron chi connectivity index (χ1n) is 5.07. The van der Waals surface area contributed by atoms with E-state index in [0.717, 1.165) is 4.47 Å². The summed E-state index contributed by atoms with van der Waals surface area (Å²) in [6, 6.07) is 6.60. The summed E-state index contributed by atoms with van der Waals surface area (Å²) in [5.74, 6) is 0. The molecule has 1 rings (SSSR count). The summed E-state index contributed by atoms with van der Waals surface area (Å²) in [5, 5.41) is 0. The highest BCUT2D eigenvalue weighted by molar-refractivity contribution is 9.10. The molecule has 0 unspecified atom stereocenters. The van der Waals surface area contributed by atoms with E-state index in [1.54, 1.807) is 36.0 Å². The zero-order chi connectivity index (χ0) is 13.1. The van der Waals surface area contributed by atoms with Crippen molar-refractivity contribution in [2.45, 2.75) is 23.5 Å². The third kappa shape index (κ3) is 4.62.